The minimum Gasteiger partial charge on any atom is -0.508 e. The molecule has 2 saturated heterocycles. The number of hydrogen-bond donors (Lipinski definition) is 2. The molecule has 3 heterocycles. The van der Waals surface area contributed by atoms with Crippen LogP contribution in [0.5, 0.6) is 11.5 Å². The number of phenolic OH excluding ortho intramolecular Hbond substituents is 1. The molecule has 3 aliphatic heterocycles. The fraction of sp³-hybridized carbons (Fsp3) is 0.356. The molecule has 2 fully saturated rings. The highest BCUT2D eigenvalue weighted by molar-refractivity contribution is 6.23. The lowest BCUT2D eigenvalue weighted by Crippen LogP contribution is -2.51. The molecule has 4 aliphatic rings. The van der Waals surface area contributed by atoms with Crippen LogP contribution in [0.4, 0.5) is 14.5 Å². The van der Waals surface area contributed by atoms with Crippen LogP contribution in [0.15, 0.2) is 103 Å². The van der Waals surface area contributed by atoms with Gasteiger partial charge in [0.05, 0.1) is 11.1 Å². The van der Waals surface area contributed by atoms with Crippen LogP contribution < -0.4 is 15.0 Å². The Balaban J connectivity index is 0.815. The molecule has 0 saturated carbocycles. The number of carbonyl (C=O) groups is 3. The third-order valence-corrected chi connectivity index (χ3v) is 11.8. The first-order valence-corrected chi connectivity index (χ1v) is 19.5. The van der Waals surface area contributed by atoms with Crippen molar-refractivity contribution in [2.75, 3.05) is 44.2 Å². The topological polar surface area (TPSA) is 102 Å². The van der Waals surface area contributed by atoms with Crippen LogP contribution in [0.25, 0.3) is 0 Å². The second kappa shape index (κ2) is 15.5. The zero-order valence-corrected chi connectivity index (χ0v) is 31.3. The van der Waals surface area contributed by atoms with Gasteiger partial charge in [0.2, 0.25) is 5.91 Å². The quantitative estimate of drug-likeness (QED) is 0.155. The van der Waals surface area contributed by atoms with Gasteiger partial charge in [-0.05, 0) is 109 Å². The number of piperazine rings is 1. The molecule has 3 atom stereocenters. The number of ether oxygens (including phenoxy) is 1. The summed E-state index contributed by atoms with van der Waals surface area (Å²) in [5.74, 6) is -3.35. The van der Waals surface area contributed by atoms with Gasteiger partial charge in [-0.2, -0.15) is 0 Å². The Morgan fingerprint density at radius 2 is 1.57 bits per heavy atom. The molecule has 0 aromatic heterocycles. The summed E-state index contributed by atoms with van der Waals surface area (Å²) in [6, 6.07) is 27.8. The normalized spacial score (nSPS) is 21.5. The molecule has 11 heteroatoms. The van der Waals surface area contributed by atoms with Crippen LogP contribution in [0.3, 0.4) is 0 Å². The number of aromatic hydroxyl groups is 1. The lowest BCUT2D eigenvalue weighted by Gasteiger charge is -2.36. The van der Waals surface area contributed by atoms with E-state index in [1.165, 1.54) is 11.1 Å². The van der Waals surface area contributed by atoms with Crippen LogP contribution in [0, 0.1) is 0 Å². The van der Waals surface area contributed by atoms with E-state index in [2.05, 4.69) is 46.0 Å². The molecule has 1 aliphatic carbocycles. The van der Waals surface area contributed by atoms with Crippen LogP contribution in [-0.2, 0) is 11.2 Å². The number of nitrogens with zero attached hydrogens (tertiary/aromatic N) is 3. The van der Waals surface area contributed by atoms with Crippen molar-refractivity contribution in [3.05, 3.63) is 137 Å². The molecule has 4 aromatic carbocycles. The maximum Gasteiger partial charge on any atom is 0.281 e. The van der Waals surface area contributed by atoms with Crippen molar-refractivity contribution in [2.24, 2.45) is 0 Å². The molecular weight excluding hydrogens is 715 g/mol. The number of anilines is 1. The zero-order chi connectivity index (χ0) is 39.0. The molecule has 2 N–H and O–H groups in total. The standard InChI is InChI=1S/C45H46F2N4O5/c1-29-8-19-40(42(53)48-29)51-43(54)38-17-12-33(27-39(38)44(51)55)50-24-22-49(23-25-50)21-5-20-45(46,47)28-56-35-14-9-31(10-15-35)41-36(30-6-3-2-4-7-30)16-11-32-26-34(52)13-18-37(32)41/h2-4,6-7,9-10,12-15,17-18,26-27,36,40-41,52H,1,5,8,11,16,19-25,28H2,(H,48,53)/t36-,40?,41+/m1/s1. The van der Waals surface area contributed by atoms with Gasteiger partial charge in [0.1, 0.15) is 17.5 Å². The van der Waals surface area contributed by atoms with Gasteiger partial charge in [-0.1, -0.05) is 55.1 Å². The van der Waals surface area contributed by atoms with Crippen molar-refractivity contribution < 1.29 is 33.0 Å². The molecule has 290 valence electrons. The SMILES string of the molecule is C=C1CCC(N2C(=O)c3ccc(N4CCN(CCCC(F)(F)COc5ccc([C@@H]6c7ccc(O)cc7CC[C@@H]6c6ccccc6)cc5)CC4)cc3C2=O)C(=O)N1. The summed E-state index contributed by atoms with van der Waals surface area (Å²) in [5, 5.41) is 12.8. The summed E-state index contributed by atoms with van der Waals surface area (Å²) in [6.07, 6.45) is 2.68. The fourth-order valence-corrected chi connectivity index (χ4v) is 8.84. The summed E-state index contributed by atoms with van der Waals surface area (Å²) in [5.41, 5.74) is 6.61. The summed E-state index contributed by atoms with van der Waals surface area (Å²) in [6.45, 7) is 6.25. The molecule has 0 radical (unpaired) electrons. The van der Waals surface area contributed by atoms with Crippen molar-refractivity contribution in [3.63, 3.8) is 0 Å². The van der Waals surface area contributed by atoms with Crippen molar-refractivity contribution in [1.29, 1.82) is 0 Å². The molecule has 8 rings (SSSR count). The van der Waals surface area contributed by atoms with Crippen molar-refractivity contribution in [1.82, 2.24) is 15.1 Å². The largest absolute Gasteiger partial charge is 0.508 e. The molecule has 0 bridgehead atoms. The van der Waals surface area contributed by atoms with E-state index >= 15 is 8.78 Å². The Labute approximate surface area is 325 Å². The van der Waals surface area contributed by atoms with E-state index in [0.29, 0.717) is 74.6 Å². The molecule has 3 amide bonds. The number of carbonyl (C=O) groups excluding carboxylic acids is 3. The number of alkyl halides is 2. The van der Waals surface area contributed by atoms with Gasteiger partial charge in [-0.25, -0.2) is 8.78 Å². The number of nitrogens with one attached hydrogen (secondary N) is 1. The minimum absolute atomic E-state index is 0.0622. The summed E-state index contributed by atoms with van der Waals surface area (Å²) < 4.78 is 35.7. The Morgan fingerprint density at radius 3 is 2.32 bits per heavy atom. The highest BCUT2D eigenvalue weighted by Crippen LogP contribution is 2.47. The van der Waals surface area contributed by atoms with E-state index in [1.54, 1.807) is 30.3 Å². The van der Waals surface area contributed by atoms with Crippen LogP contribution in [-0.4, -0.2) is 83.9 Å². The lowest BCUT2D eigenvalue weighted by molar-refractivity contribution is -0.125. The van der Waals surface area contributed by atoms with E-state index < -0.39 is 36.3 Å². The zero-order valence-electron chi connectivity index (χ0n) is 31.3. The smallest absolute Gasteiger partial charge is 0.281 e. The average Bonchev–Trinajstić information content (AvgIpc) is 3.45. The van der Waals surface area contributed by atoms with E-state index in [-0.39, 0.29) is 24.0 Å². The van der Waals surface area contributed by atoms with E-state index in [1.807, 2.05) is 36.4 Å². The predicted molar refractivity (Wildman–Crippen MR) is 209 cm³/mol. The minimum atomic E-state index is -2.99. The summed E-state index contributed by atoms with van der Waals surface area (Å²) in [4.78, 5) is 44.4. The average molecular weight is 761 g/mol. The lowest BCUT2D eigenvalue weighted by atomic mass is 9.69. The number of halogens is 2. The van der Waals surface area contributed by atoms with E-state index in [9.17, 15) is 19.5 Å². The van der Waals surface area contributed by atoms with Crippen LogP contribution >= 0.6 is 0 Å². The number of rotatable bonds is 11. The number of hydrogen-bond acceptors (Lipinski definition) is 7. The first-order valence-electron chi connectivity index (χ1n) is 19.5. The van der Waals surface area contributed by atoms with E-state index in [4.69, 9.17) is 4.74 Å². The number of benzene rings is 4. The van der Waals surface area contributed by atoms with Gasteiger partial charge in [0, 0.05) is 49.9 Å². The molecular formula is C45H46F2N4O5. The maximum atomic E-state index is 15.1. The summed E-state index contributed by atoms with van der Waals surface area (Å²) >= 11 is 0. The molecule has 9 nitrogen and oxygen atoms in total. The molecule has 56 heavy (non-hydrogen) atoms. The van der Waals surface area contributed by atoms with E-state index in [0.717, 1.165) is 34.6 Å². The van der Waals surface area contributed by atoms with Gasteiger partial charge in [-0.15, -0.1) is 0 Å². The number of fused-ring (bicyclic) bond motifs is 2. The number of allylic oxidation sites excluding steroid dienone is 1. The molecule has 4 aromatic rings. The van der Waals surface area contributed by atoms with Gasteiger partial charge in [0.25, 0.3) is 17.7 Å². The fourth-order valence-electron chi connectivity index (χ4n) is 8.84. The van der Waals surface area contributed by atoms with Crippen LogP contribution in [0.1, 0.15) is 86.9 Å². The number of piperidine rings is 1. The van der Waals surface area contributed by atoms with Crippen molar-refractivity contribution in [2.45, 2.75) is 62.3 Å². The van der Waals surface area contributed by atoms with Crippen LogP contribution in [0.2, 0.25) is 0 Å². The monoisotopic (exact) mass is 760 g/mol. The first-order chi connectivity index (χ1) is 27.0. The predicted octanol–water partition coefficient (Wildman–Crippen LogP) is 7.26. The van der Waals surface area contributed by atoms with Crippen molar-refractivity contribution in [3.8, 4) is 11.5 Å². The van der Waals surface area contributed by atoms with Gasteiger partial charge >= 0.3 is 0 Å². The Hall–Kier alpha value is -5.55. The maximum absolute atomic E-state index is 15.1. The summed E-state index contributed by atoms with van der Waals surface area (Å²) in [7, 11) is 0. The van der Waals surface area contributed by atoms with Gasteiger partial charge in [0.15, 0.2) is 6.61 Å². The number of phenols is 1. The molecule has 1 unspecified atom stereocenters. The second-order valence-corrected chi connectivity index (χ2v) is 15.4. The van der Waals surface area contributed by atoms with Gasteiger partial charge < -0.3 is 20.1 Å². The Kier molecular flexibility index (Phi) is 10.4. The van der Waals surface area contributed by atoms with Crippen molar-refractivity contribution >= 4 is 23.4 Å². The Morgan fingerprint density at radius 1 is 0.821 bits per heavy atom. The van der Waals surface area contributed by atoms with Gasteiger partial charge in [-0.3, -0.25) is 24.2 Å². The number of amides is 3. The Bertz CT molecular complexity index is 2130. The molecule has 0 spiro atoms. The number of imide groups is 1. The third kappa shape index (κ3) is 7.65. The second-order valence-electron chi connectivity index (χ2n) is 15.4. The first kappa shape index (κ1) is 37.4. The number of aryl methyl sites for hydroxylation is 1. The highest BCUT2D eigenvalue weighted by atomic mass is 19.3. The third-order valence-electron chi connectivity index (χ3n) is 11.8. The highest BCUT2D eigenvalue weighted by Gasteiger charge is 2.44.